The van der Waals surface area contributed by atoms with Crippen molar-refractivity contribution < 1.29 is 9.34 Å². The number of nitrogens with one attached hydrogen (secondary N) is 1. The van der Waals surface area contributed by atoms with Crippen LogP contribution in [0.3, 0.4) is 0 Å². The number of rotatable bonds is 3. The van der Waals surface area contributed by atoms with Crippen LogP contribution in [0.15, 0.2) is 21.3 Å². The number of aromatic amines is 1. The third-order valence-electron chi connectivity index (χ3n) is 2.62. The van der Waals surface area contributed by atoms with Crippen LogP contribution in [0.4, 0.5) is 11.8 Å². The SMILES string of the molecule is CN(C)c1nc2nc(-c3ccc([N+](=O)[O-])o3)nn2c(=O)[nH]1. The minimum absolute atomic E-state index is 0.0389. The zero-order valence-corrected chi connectivity index (χ0v) is 11.0. The summed E-state index contributed by atoms with van der Waals surface area (Å²) in [6.07, 6.45) is 0. The predicted molar refractivity (Wildman–Crippen MR) is 70.1 cm³/mol. The molecule has 0 unspecified atom stereocenters. The zero-order chi connectivity index (χ0) is 15.1. The van der Waals surface area contributed by atoms with E-state index in [0.717, 1.165) is 4.52 Å². The van der Waals surface area contributed by atoms with E-state index in [9.17, 15) is 14.9 Å². The monoisotopic (exact) mass is 291 g/mol. The fourth-order valence-electron chi connectivity index (χ4n) is 1.65. The Morgan fingerprint density at radius 2 is 2.14 bits per heavy atom. The molecule has 3 heterocycles. The molecular formula is C10H9N7O4. The summed E-state index contributed by atoms with van der Waals surface area (Å²) in [6, 6.07) is 2.54. The van der Waals surface area contributed by atoms with Gasteiger partial charge in [0.15, 0.2) is 5.76 Å². The fraction of sp³-hybridized carbons (Fsp3) is 0.200. The van der Waals surface area contributed by atoms with Crippen LogP contribution in [-0.4, -0.2) is 43.6 Å². The molecule has 0 saturated carbocycles. The Bertz CT molecular complexity index is 890. The highest BCUT2D eigenvalue weighted by atomic mass is 16.6. The number of nitro groups is 1. The lowest BCUT2D eigenvalue weighted by atomic mass is 10.4. The van der Waals surface area contributed by atoms with Gasteiger partial charge in [-0.2, -0.15) is 9.97 Å². The van der Waals surface area contributed by atoms with Crippen LogP contribution >= 0.6 is 0 Å². The number of aromatic nitrogens is 5. The molecule has 3 aromatic rings. The van der Waals surface area contributed by atoms with Crippen LogP contribution in [0.2, 0.25) is 0 Å². The standard InChI is InChI=1S/C10H9N7O4/c1-15(2)8-12-9-11-7(14-16(9)10(18)13-8)5-3-4-6(21-5)17(19)20/h3-4H,1-2H3,(H,11,12,13,14,18). The van der Waals surface area contributed by atoms with Gasteiger partial charge in [-0.3, -0.25) is 15.1 Å². The maximum absolute atomic E-state index is 11.9. The van der Waals surface area contributed by atoms with Gasteiger partial charge in [0, 0.05) is 14.1 Å². The normalized spacial score (nSPS) is 11.0. The van der Waals surface area contributed by atoms with Crippen molar-refractivity contribution in [2.24, 2.45) is 0 Å². The highest BCUT2D eigenvalue weighted by molar-refractivity contribution is 5.52. The van der Waals surface area contributed by atoms with E-state index in [-0.39, 0.29) is 17.4 Å². The molecule has 0 bridgehead atoms. The molecular weight excluding hydrogens is 282 g/mol. The molecule has 0 fully saturated rings. The molecule has 0 aliphatic heterocycles. The van der Waals surface area contributed by atoms with Gasteiger partial charge in [0.25, 0.3) is 5.78 Å². The molecule has 0 aliphatic rings. The summed E-state index contributed by atoms with van der Waals surface area (Å²) in [4.78, 5) is 34.0. The molecule has 11 heteroatoms. The molecule has 0 radical (unpaired) electrons. The first-order valence-corrected chi connectivity index (χ1v) is 5.75. The molecule has 0 amide bonds. The summed E-state index contributed by atoms with van der Waals surface area (Å²) in [5, 5.41) is 14.5. The third-order valence-corrected chi connectivity index (χ3v) is 2.62. The molecule has 21 heavy (non-hydrogen) atoms. The van der Waals surface area contributed by atoms with E-state index in [1.807, 2.05) is 0 Å². The van der Waals surface area contributed by atoms with Crippen molar-refractivity contribution in [1.82, 2.24) is 24.6 Å². The Labute approximate surface area is 116 Å². The average Bonchev–Trinajstić information content (AvgIpc) is 3.04. The van der Waals surface area contributed by atoms with Crippen molar-refractivity contribution in [3.8, 4) is 11.6 Å². The molecule has 0 aromatic carbocycles. The van der Waals surface area contributed by atoms with Crippen LogP contribution in [0.25, 0.3) is 17.4 Å². The van der Waals surface area contributed by atoms with Crippen molar-refractivity contribution in [2.75, 3.05) is 19.0 Å². The fourth-order valence-corrected chi connectivity index (χ4v) is 1.65. The van der Waals surface area contributed by atoms with Crippen molar-refractivity contribution in [3.63, 3.8) is 0 Å². The maximum Gasteiger partial charge on any atom is 0.433 e. The Balaban J connectivity index is 2.14. The van der Waals surface area contributed by atoms with Gasteiger partial charge in [-0.1, -0.05) is 0 Å². The smallest absolute Gasteiger partial charge is 0.397 e. The first kappa shape index (κ1) is 12.8. The van der Waals surface area contributed by atoms with Crippen LogP contribution in [-0.2, 0) is 0 Å². The lowest BCUT2D eigenvalue weighted by molar-refractivity contribution is -0.401. The van der Waals surface area contributed by atoms with Crippen LogP contribution in [0, 0.1) is 10.1 Å². The maximum atomic E-state index is 11.9. The van der Waals surface area contributed by atoms with Crippen LogP contribution in [0.5, 0.6) is 0 Å². The average molecular weight is 291 g/mol. The highest BCUT2D eigenvalue weighted by Crippen LogP contribution is 2.23. The van der Waals surface area contributed by atoms with Gasteiger partial charge in [-0.25, -0.2) is 4.79 Å². The van der Waals surface area contributed by atoms with Crippen LogP contribution < -0.4 is 10.6 Å². The third kappa shape index (κ3) is 2.09. The van der Waals surface area contributed by atoms with Gasteiger partial charge in [0.05, 0.1) is 6.07 Å². The molecule has 0 saturated heterocycles. The zero-order valence-electron chi connectivity index (χ0n) is 11.0. The molecule has 0 atom stereocenters. The predicted octanol–water partition coefficient (Wildman–Crippen LogP) is 0.0468. The number of hydrogen-bond donors (Lipinski definition) is 1. The Morgan fingerprint density at radius 1 is 1.38 bits per heavy atom. The number of H-pyrrole nitrogens is 1. The second kappa shape index (κ2) is 4.40. The number of fused-ring (bicyclic) bond motifs is 1. The summed E-state index contributed by atoms with van der Waals surface area (Å²) in [5.41, 5.74) is -0.525. The van der Waals surface area contributed by atoms with E-state index in [2.05, 4.69) is 20.1 Å². The molecule has 11 nitrogen and oxygen atoms in total. The lowest BCUT2D eigenvalue weighted by Gasteiger charge is -2.08. The first-order chi connectivity index (χ1) is 9.95. The van der Waals surface area contributed by atoms with E-state index in [1.54, 1.807) is 19.0 Å². The van der Waals surface area contributed by atoms with Crippen molar-refractivity contribution >= 4 is 17.6 Å². The molecule has 3 aromatic heterocycles. The Morgan fingerprint density at radius 3 is 2.76 bits per heavy atom. The van der Waals surface area contributed by atoms with Gasteiger partial charge >= 0.3 is 11.6 Å². The van der Waals surface area contributed by atoms with Gasteiger partial charge in [0.2, 0.25) is 11.8 Å². The highest BCUT2D eigenvalue weighted by Gasteiger charge is 2.18. The molecule has 108 valence electrons. The van der Waals surface area contributed by atoms with E-state index in [1.165, 1.54) is 12.1 Å². The van der Waals surface area contributed by atoms with Crippen molar-refractivity contribution in [2.45, 2.75) is 0 Å². The second-order valence-electron chi connectivity index (χ2n) is 4.30. The molecule has 1 N–H and O–H groups in total. The van der Waals surface area contributed by atoms with Crippen molar-refractivity contribution in [1.29, 1.82) is 0 Å². The molecule has 3 rings (SSSR count). The van der Waals surface area contributed by atoms with Crippen molar-refractivity contribution in [3.05, 3.63) is 32.7 Å². The largest absolute Gasteiger partial charge is 0.433 e. The van der Waals surface area contributed by atoms with Gasteiger partial charge in [-0.15, -0.1) is 9.61 Å². The second-order valence-corrected chi connectivity index (χ2v) is 4.30. The van der Waals surface area contributed by atoms with Crippen LogP contribution in [0.1, 0.15) is 0 Å². The number of nitrogens with zero attached hydrogens (tertiary/aromatic N) is 6. The summed E-state index contributed by atoms with van der Waals surface area (Å²) in [6.45, 7) is 0. The summed E-state index contributed by atoms with van der Waals surface area (Å²) >= 11 is 0. The van der Waals surface area contributed by atoms with Gasteiger partial charge < -0.3 is 9.32 Å². The summed E-state index contributed by atoms with van der Waals surface area (Å²) < 4.78 is 5.95. The van der Waals surface area contributed by atoms with E-state index in [4.69, 9.17) is 4.42 Å². The Hall–Kier alpha value is -3.24. The molecule has 0 spiro atoms. The number of furan rings is 1. The topological polar surface area (TPSA) is 135 Å². The Kier molecular flexibility index (Phi) is 2.68. The minimum Gasteiger partial charge on any atom is -0.397 e. The van der Waals surface area contributed by atoms with E-state index < -0.39 is 16.5 Å². The first-order valence-electron chi connectivity index (χ1n) is 5.75. The number of hydrogen-bond acceptors (Lipinski definition) is 8. The van der Waals surface area contributed by atoms with E-state index in [0.29, 0.717) is 5.95 Å². The quantitative estimate of drug-likeness (QED) is 0.528. The van der Waals surface area contributed by atoms with Gasteiger partial charge in [-0.05, 0) is 6.07 Å². The number of anilines is 1. The lowest BCUT2D eigenvalue weighted by Crippen LogP contribution is -2.24. The van der Waals surface area contributed by atoms with Gasteiger partial charge in [0.1, 0.15) is 4.92 Å². The van der Waals surface area contributed by atoms with E-state index >= 15 is 0 Å². The summed E-state index contributed by atoms with van der Waals surface area (Å²) in [5.74, 6) is 0.0723. The minimum atomic E-state index is -0.672. The molecule has 0 aliphatic carbocycles. The summed E-state index contributed by atoms with van der Waals surface area (Å²) in [7, 11) is 3.42.